The van der Waals surface area contributed by atoms with Crippen molar-refractivity contribution in [2.75, 3.05) is 0 Å². The van der Waals surface area contributed by atoms with E-state index in [2.05, 4.69) is 23.8 Å². The Bertz CT molecular complexity index is 693. The number of carboxylic acid groups (broad SMARTS) is 1. The van der Waals surface area contributed by atoms with Crippen molar-refractivity contribution in [1.29, 1.82) is 0 Å². The lowest BCUT2D eigenvalue weighted by Gasteiger charge is -2.31. The van der Waals surface area contributed by atoms with Crippen LogP contribution in [-0.4, -0.2) is 21.0 Å². The summed E-state index contributed by atoms with van der Waals surface area (Å²) in [6.07, 6.45) is 6.37. The third kappa shape index (κ3) is 2.36. The maximum absolute atomic E-state index is 11.3. The Morgan fingerprint density at radius 2 is 2.32 bits per heavy atom. The zero-order chi connectivity index (χ0) is 15.7. The van der Waals surface area contributed by atoms with Crippen molar-refractivity contribution < 1.29 is 14.6 Å². The van der Waals surface area contributed by atoms with Gasteiger partial charge in [-0.2, -0.15) is 0 Å². The van der Waals surface area contributed by atoms with Crippen molar-refractivity contribution in [3.05, 3.63) is 35.8 Å². The number of carbonyl (C=O) groups is 1. The van der Waals surface area contributed by atoms with Gasteiger partial charge in [-0.25, -0.2) is 4.79 Å². The summed E-state index contributed by atoms with van der Waals surface area (Å²) in [5, 5.41) is 9.28. The molecule has 2 atom stereocenters. The Labute approximate surface area is 129 Å². The Morgan fingerprint density at radius 1 is 1.50 bits per heavy atom. The zero-order valence-electron chi connectivity index (χ0n) is 12.8. The van der Waals surface area contributed by atoms with Crippen LogP contribution in [0, 0.1) is 5.92 Å². The number of aromatic amines is 1. The van der Waals surface area contributed by atoms with Crippen molar-refractivity contribution in [2.45, 2.75) is 39.2 Å². The van der Waals surface area contributed by atoms with Crippen LogP contribution in [0.5, 0.6) is 5.75 Å². The molecule has 0 radical (unpaired) electrons. The molecule has 2 unspecified atom stereocenters. The summed E-state index contributed by atoms with van der Waals surface area (Å²) in [7, 11) is 0. The van der Waals surface area contributed by atoms with Gasteiger partial charge in [-0.1, -0.05) is 20.3 Å². The fraction of sp³-hybridized carbons (Fsp3) is 0.412. The van der Waals surface area contributed by atoms with Crippen molar-refractivity contribution in [2.24, 2.45) is 5.92 Å². The first-order valence-electron chi connectivity index (χ1n) is 7.72. The standard InChI is InChI=1S/C17H20N2O3/c1-3-5-10(4-2)16-12-8-13(17(20)21)19-15(12)11-6-7-18-9-14(11)22-16/h6-10,16,19H,3-5H2,1-2H3,(H,20,21). The second kappa shape index (κ2) is 5.83. The highest BCUT2D eigenvalue weighted by Gasteiger charge is 2.33. The first-order chi connectivity index (χ1) is 10.7. The molecule has 0 saturated carbocycles. The highest BCUT2D eigenvalue weighted by atomic mass is 16.5. The van der Waals surface area contributed by atoms with Gasteiger partial charge in [0.05, 0.1) is 11.9 Å². The number of carboxylic acids is 1. The third-order valence-corrected chi connectivity index (χ3v) is 4.30. The lowest BCUT2D eigenvalue weighted by atomic mass is 9.87. The number of H-pyrrole nitrogens is 1. The number of hydrogen-bond donors (Lipinski definition) is 2. The van der Waals surface area contributed by atoms with E-state index < -0.39 is 5.97 Å². The molecular formula is C17H20N2O3. The van der Waals surface area contributed by atoms with Crippen LogP contribution in [-0.2, 0) is 0 Å². The predicted octanol–water partition coefficient (Wildman–Crippen LogP) is 4.03. The molecule has 5 nitrogen and oxygen atoms in total. The molecular weight excluding hydrogens is 280 g/mol. The van der Waals surface area contributed by atoms with E-state index in [-0.39, 0.29) is 11.8 Å². The number of aromatic nitrogens is 2. The van der Waals surface area contributed by atoms with E-state index in [0.717, 1.165) is 36.1 Å². The van der Waals surface area contributed by atoms with Crippen molar-refractivity contribution >= 4 is 5.97 Å². The summed E-state index contributed by atoms with van der Waals surface area (Å²) in [6, 6.07) is 3.57. The van der Waals surface area contributed by atoms with Gasteiger partial charge < -0.3 is 14.8 Å². The number of fused-ring (bicyclic) bond motifs is 3. The van der Waals surface area contributed by atoms with Crippen LogP contribution < -0.4 is 4.74 Å². The van der Waals surface area contributed by atoms with E-state index in [4.69, 9.17) is 4.74 Å². The minimum absolute atomic E-state index is 0.124. The predicted molar refractivity (Wildman–Crippen MR) is 83.0 cm³/mol. The molecule has 22 heavy (non-hydrogen) atoms. The molecule has 2 N–H and O–H groups in total. The lowest BCUT2D eigenvalue weighted by molar-refractivity contribution is 0.0691. The minimum Gasteiger partial charge on any atom is -0.483 e. The van der Waals surface area contributed by atoms with E-state index in [1.54, 1.807) is 18.5 Å². The molecule has 2 aromatic rings. The number of nitrogens with zero attached hydrogens (tertiary/aromatic N) is 1. The fourth-order valence-corrected chi connectivity index (χ4v) is 3.20. The Morgan fingerprint density at radius 3 is 3.00 bits per heavy atom. The van der Waals surface area contributed by atoms with Gasteiger partial charge in [0.15, 0.2) is 0 Å². The highest BCUT2D eigenvalue weighted by molar-refractivity contribution is 5.88. The van der Waals surface area contributed by atoms with Crippen LogP contribution in [0.25, 0.3) is 11.3 Å². The maximum Gasteiger partial charge on any atom is 0.352 e. The van der Waals surface area contributed by atoms with Gasteiger partial charge in [0.1, 0.15) is 17.5 Å². The molecule has 3 heterocycles. The summed E-state index contributed by atoms with van der Waals surface area (Å²) in [5.41, 5.74) is 2.87. The van der Waals surface area contributed by atoms with E-state index in [9.17, 15) is 9.90 Å². The molecule has 116 valence electrons. The zero-order valence-corrected chi connectivity index (χ0v) is 12.8. The normalized spacial score (nSPS) is 17.3. The van der Waals surface area contributed by atoms with E-state index >= 15 is 0 Å². The quantitative estimate of drug-likeness (QED) is 0.874. The van der Waals surface area contributed by atoms with Crippen molar-refractivity contribution in [3.63, 3.8) is 0 Å². The second-order valence-electron chi connectivity index (χ2n) is 5.69. The Balaban J connectivity index is 2.12. The largest absolute Gasteiger partial charge is 0.483 e. The average molecular weight is 300 g/mol. The van der Waals surface area contributed by atoms with Crippen LogP contribution in [0.15, 0.2) is 24.5 Å². The molecule has 3 rings (SSSR count). The number of ether oxygens (including phenoxy) is 1. The minimum atomic E-state index is -0.952. The van der Waals surface area contributed by atoms with E-state index in [0.29, 0.717) is 11.7 Å². The maximum atomic E-state index is 11.3. The number of hydrogen-bond acceptors (Lipinski definition) is 3. The molecule has 0 aromatic carbocycles. The summed E-state index contributed by atoms with van der Waals surface area (Å²) < 4.78 is 6.18. The van der Waals surface area contributed by atoms with Crippen LogP contribution in [0.2, 0.25) is 0 Å². The summed E-state index contributed by atoms with van der Waals surface area (Å²) >= 11 is 0. The molecule has 0 bridgehead atoms. The molecule has 0 spiro atoms. The third-order valence-electron chi connectivity index (χ3n) is 4.30. The first-order valence-corrected chi connectivity index (χ1v) is 7.72. The van der Waals surface area contributed by atoms with Gasteiger partial charge in [0, 0.05) is 17.3 Å². The van der Waals surface area contributed by atoms with Gasteiger partial charge in [-0.3, -0.25) is 4.98 Å². The second-order valence-corrected chi connectivity index (χ2v) is 5.69. The van der Waals surface area contributed by atoms with Crippen molar-refractivity contribution in [1.82, 2.24) is 9.97 Å². The van der Waals surface area contributed by atoms with Gasteiger partial charge in [-0.05, 0) is 30.9 Å². The van der Waals surface area contributed by atoms with Crippen LogP contribution in [0.3, 0.4) is 0 Å². The molecule has 5 heteroatoms. The lowest BCUT2D eigenvalue weighted by Crippen LogP contribution is -2.21. The topological polar surface area (TPSA) is 75.2 Å². The highest BCUT2D eigenvalue weighted by Crippen LogP contribution is 2.46. The van der Waals surface area contributed by atoms with E-state index in [1.165, 1.54) is 0 Å². The molecule has 2 aromatic heterocycles. The number of rotatable bonds is 5. The van der Waals surface area contributed by atoms with Crippen LogP contribution >= 0.6 is 0 Å². The molecule has 1 aliphatic heterocycles. The van der Waals surface area contributed by atoms with Gasteiger partial charge in [0.2, 0.25) is 0 Å². The van der Waals surface area contributed by atoms with E-state index in [1.807, 2.05) is 6.07 Å². The molecule has 1 aliphatic rings. The van der Waals surface area contributed by atoms with Crippen LogP contribution in [0.4, 0.5) is 0 Å². The monoisotopic (exact) mass is 300 g/mol. The molecule has 0 aliphatic carbocycles. The Kier molecular flexibility index (Phi) is 3.88. The fourth-order valence-electron chi connectivity index (χ4n) is 3.20. The van der Waals surface area contributed by atoms with Crippen molar-refractivity contribution in [3.8, 4) is 17.0 Å². The number of nitrogens with one attached hydrogen (secondary N) is 1. The van der Waals surface area contributed by atoms with Gasteiger partial charge in [0.25, 0.3) is 0 Å². The molecule has 0 amide bonds. The first kappa shape index (κ1) is 14.6. The SMILES string of the molecule is CCCC(CC)C1Oc2cnccc2-c2[nH]c(C(=O)O)cc21. The molecule has 0 fully saturated rings. The number of aromatic carboxylic acids is 1. The summed E-state index contributed by atoms with van der Waals surface area (Å²) in [6.45, 7) is 4.30. The molecule has 0 saturated heterocycles. The summed E-state index contributed by atoms with van der Waals surface area (Å²) in [5.74, 6) is 0.121. The average Bonchev–Trinajstić information content (AvgIpc) is 2.98. The number of pyridine rings is 1. The van der Waals surface area contributed by atoms with Crippen LogP contribution in [0.1, 0.15) is 55.3 Å². The summed E-state index contributed by atoms with van der Waals surface area (Å²) in [4.78, 5) is 18.5. The smallest absolute Gasteiger partial charge is 0.352 e. The van der Waals surface area contributed by atoms with Gasteiger partial charge >= 0.3 is 5.97 Å². The van der Waals surface area contributed by atoms with Gasteiger partial charge in [-0.15, -0.1) is 0 Å². The Hall–Kier alpha value is -2.30.